The standard InChI is InChI=1S/C14H16FN3O/c1-8-11(9-5-6-16-7-10(9)15)17-13(14(2,3)4)18-12(8)19/h5-7H,1-4H3,(H,17,18,19). The number of hydrogen-bond acceptors (Lipinski definition) is 3. The minimum atomic E-state index is -0.483. The summed E-state index contributed by atoms with van der Waals surface area (Å²) >= 11 is 0. The van der Waals surface area contributed by atoms with Gasteiger partial charge < -0.3 is 4.98 Å². The highest BCUT2D eigenvalue weighted by atomic mass is 19.1. The average Bonchev–Trinajstić information content (AvgIpc) is 2.32. The van der Waals surface area contributed by atoms with Crippen LogP contribution in [0.15, 0.2) is 23.3 Å². The van der Waals surface area contributed by atoms with E-state index in [-0.39, 0.29) is 11.0 Å². The maximum atomic E-state index is 13.8. The molecule has 2 heterocycles. The van der Waals surface area contributed by atoms with Crippen LogP contribution in [0.25, 0.3) is 11.3 Å². The molecule has 2 rings (SSSR count). The molecule has 2 aromatic rings. The third kappa shape index (κ3) is 2.54. The SMILES string of the molecule is Cc1c(-c2ccncc2F)nc(C(C)(C)C)[nH]c1=O. The maximum absolute atomic E-state index is 13.8. The fourth-order valence-corrected chi connectivity index (χ4v) is 1.72. The molecule has 0 unspecified atom stereocenters. The first kappa shape index (κ1) is 13.4. The van der Waals surface area contributed by atoms with E-state index in [1.807, 2.05) is 20.8 Å². The molecule has 0 aromatic carbocycles. The first-order chi connectivity index (χ1) is 8.80. The Bertz CT molecular complexity index is 671. The van der Waals surface area contributed by atoms with Crippen molar-refractivity contribution in [1.82, 2.24) is 15.0 Å². The molecule has 0 fully saturated rings. The number of H-pyrrole nitrogens is 1. The van der Waals surface area contributed by atoms with Gasteiger partial charge in [-0.2, -0.15) is 0 Å². The molecule has 0 aliphatic carbocycles. The summed E-state index contributed by atoms with van der Waals surface area (Å²) in [6.07, 6.45) is 2.60. The molecular formula is C14H16FN3O. The molecule has 2 aromatic heterocycles. The van der Waals surface area contributed by atoms with Crippen molar-refractivity contribution >= 4 is 0 Å². The summed E-state index contributed by atoms with van der Waals surface area (Å²) in [6, 6.07) is 1.52. The topological polar surface area (TPSA) is 58.6 Å². The van der Waals surface area contributed by atoms with Crippen molar-refractivity contribution in [2.24, 2.45) is 0 Å². The van der Waals surface area contributed by atoms with Gasteiger partial charge in [-0.3, -0.25) is 9.78 Å². The molecule has 0 radical (unpaired) electrons. The van der Waals surface area contributed by atoms with Crippen molar-refractivity contribution in [1.29, 1.82) is 0 Å². The summed E-state index contributed by atoms with van der Waals surface area (Å²) in [5.74, 6) is 0.0536. The zero-order valence-corrected chi connectivity index (χ0v) is 11.4. The van der Waals surface area contributed by atoms with Crippen molar-refractivity contribution in [2.45, 2.75) is 33.1 Å². The molecule has 0 aliphatic heterocycles. The Morgan fingerprint density at radius 3 is 2.58 bits per heavy atom. The number of nitrogens with zero attached hydrogens (tertiary/aromatic N) is 2. The second-order valence-corrected chi connectivity index (χ2v) is 5.49. The predicted molar refractivity (Wildman–Crippen MR) is 71.5 cm³/mol. The minimum Gasteiger partial charge on any atom is -0.310 e. The van der Waals surface area contributed by atoms with Gasteiger partial charge in [0.2, 0.25) is 0 Å². The summed E-state index contributed by atoms with van der Waals surface area (Å²) in [6.45, 7) is 7.45. The second-order valence-electron chi connectivity index (χ2n) is 5.49. The van der Waals surface area contributed by atoms with E-state index in [9.17, 15) is 9.18 Å². The highest BCUT2D eigenvalue weighted by Gasteiger charge is 2.20. The molecule has 0 bridgehead atoms. The lowest BCUT2D eigenvalue weighted by Gasteiger charge is -2.18. The van der Waals surface area contributed by atoms with Crippen LogP contribution in [0.4, 0.5) is 4.39 Å². The van der Waals surface area contributed by atoms with E-state index >= 15 is 0 Å². The molecular weight excluding hydrogens is 245 g/mol. The van der Waals surface area contributed by atoms with E-state index in [0.717, 1.165) is 6.20 Å². The largest absolute Gasteiger partial charge is 0.310 e. The molecule has 0 atom stereocenters. The molecule has 0 saturated carbocycles. The number of hydrogen-bond donors (Lipinski definition) is 1. The van der Waals surface area contributed by atoms with Crippen molar-refractivity contribution in [2.75, 3.05) is 0 Å². The van der Waals surface area contributed by atoms with Crippen molar-refractivity contribution in [3.63, 3.8) is 0 Å². The van der Waals surface area contributed by atoms with Crippen LogP contribution in [0.2, 0.25) is 0 Å². The monoisotopic (exact) mass is 261 g/mol. The molecule has 0 spiro atoms. The number of halogens is 1. The Morgan fingerprint density at radius 1 is 1.32 bits per heavy atom. The van der Waals surface area contributed by atoms with Crippen LogP contribution in [-0.2, 0) is 5.41 Å². The van der Waals surface area contributed by atoms with Crippen molar-refractivity contribution < 1.29 is 4.39 Å². The van der Waals surface area contributed by atoms with Gasteiger partial charge in [0.15, 0.2) is 5.82 Å². The Labute approximate surface area is 110 Å². The van der Waals surface area contributed by atoms with Gasteiger partial charge in [0, 0.05) is 22.7 Å². The quantitative estimate of drug-likeness (QED) is 0.858. The normalized spacial score (nSPS) is 11.6. The highest BCUT2D eigenvalue weighted by molar-refractivity contribution is 5.62. The van der Waals surface area contributed by atoms with Crippen LogP contribution in [0.3, 0.4) is 0 Å². The summed E-state index contributed by atoms with van der Waals surface area (Å²) in [7, 11) is 0. The number of aromatic amines is 1. The van der Waals surface area contributed by atoms with Crippen molar-refractivity contribution in [3.8, 4) is 11.3 Å². The summed E-state index contributed by atoms with van der Waals surface area (Å²) < 4.78 is 13.8. The smallest absolute Gasteiger partial charge is 0.254 e. The lowest BCUT2D eigenvalue weighted by Crippen LogP contribution is -2.24. The zero-order chi connectivity index (χ0) is 14.2. The Morgan fingerprint density at radius 2 is 2.00 bits per heavy atom. The van der Waals surface area contributed by atoms with Crippen molar-refractivity contribution in [3.05, 3.63) is 46.0 Å². The van der Waals surface area contributed by atoms with Gasteiger partial charge in [-0.1, -0.05) is 20.8 Å². The van der Waals surface area contributed by atoms with Gasteiger partial charge in [0.1, 0.15) is 5.82 Å². The Kier molecular flexibility index (Phi) is 3.22. The van der Waals surface area contributed by atoms with E-state index < -0.39 is 5.82 Å². The molecule has 4 nitrogen and oxygen atoms in total. The maximum Gasteiger partial charge on any atom is 0.254 e. The van der Waals surface area contributed by atoms with Gasteiger partial charge in [-0.05, 0) is 13.0 Å². The van der Waals surface area contributed by atoms with Crippen LogP contribution >= 0.6 is 0 Å². The highest BCUT2D eigenvalue weighted by Crippen LogP contribution is 2.24. The van der Waals surface area contributed by atoms with Gasteiger partial charge in [0.25, 0.3) is 5.56 Å². The zero-order valence-electron chi connectivity index (χ0n) is 11.4. The van der Waals surface area contributed by atoms with Crippen LogP contribution in [-0.4, -0.2) is 15.0 Å². The van der Waals surface area contributed by atoms with Gasteiger partial charge in [0.05, 0.1) is 11.9 Å². The van der Waals surface area contributed by atoms with Gasteiger partial charge in [-0.15, -0.1) is 0 Å². The molecule has 0 saturated heterocycles. The van der Waals surface area contributed by atoms with E-state index in [0.29, 0.717) is 22.6 Å². The number of nitrogens with one attached hydrogen (secondary N) is 1. The first-order valence-corrected chi connectivity index (χ1v) is 6.02. The number of aromatic nitrogens is 3. The predicted octanol–water partition coefficient (Wildman–Crippen LogP) is 2.58. The van der Waals surface area contributed by atoms with E-state index in [4.69, 9.17) is 0 Å². The Hall–Kier alpha value is -2.04. The van der Waals surface area contributed by atoms with Crippen LogP contribution < -0.4 is 5.56 Å². The third-order valence-electron chi connectivity index (χ3n) is 2.89. The molecule has 19 heavy (non-hydrogen) atoms. The van der Waals surface area contributed by atoms with Gasteiger partial charge in [-0.25, -0.2) is 9.37 Å². The third-order valence-corrected chi connectivity index (χ3v) is 2.89. The first-order valence-electron chi connectivity index (χ1n) is 6.02. The lowest BCUT2D eigenvalue weighted by atomic mass is 9.95. The average molecular weight is 261 g/mol. The fraction of sp³-hybridized carbons (Fsp3) is 0.357. The van der Waals surface area contributed by atoms with E-state index in [1.54, 1.807) is 6.92 Å². The van der Waals surface area contributed by atoms with Crippen LogP contribution in [0.5, 0.6) is 0 Å². The summed E-state index contributed by atoms with van der Waals surface area (Å²) in [5.41, 5.74) is 0.507. The van der Waals surface area contributed by atoms with Crippen LogP contribution in [0.1, 0.15) is 32.2 Å². The molecule has 100 valence electrons. The molecule has 0 aliphatic rings. The van der Waals surface area contributed by atoms with Gasteiger partial charge >= 0.3 is 0 Å². The van der Waals surface area contributed by atoms with Crippen LogP contribution in [0, 0.1) is 12.7 Å². The number of rotatable bonds is 1. The molecule has 1 N–H and O–H groups in total. The Balaban J connectivity index is 2.74. The molecule has 0 amide bonds. The van der Waals surface area contributed by atoms with E-state index in [2.05, 4.69) is 15.0 Å². The second kappa shape index (κ2) is 4.57. The summed E-state index contributed by atoms with van der Waals surface area (Å²) in [5, 5.41) is 0. The fourth-order valence-electron chi connectivity index (χ4n) is 1.72. The van der Waals surface area contributed by atoms with E-state index in [1.165, 1.54) is 12.3 Å². The number of pyridine rings is 1. The summed E-state index contributed by atoms with van der Waals surface area (Å²) in [4.78, 5) is 22.8. The minimum absolute atomic E-state index is 0.244. The molecule has 5 heteroatoms. The lowest BCUT2D eigenvalue weighted by molar-refractivity contribution is 0.542.